The maximum atomic E-state index is 10.3. The van der Waals surface area contributed by atoms with Crippen LogP contribution in [0.4, 0.5) is 0 Å². The van der Waals surface area contributed by atoms with Gasteiger partial charge in [-0.05, 0) is 43.2 Å². The Labute approximate surface area is 125 Å². The van der Waals surface area contributed by atoms with Crippen LogP contribution >= 0.6 is 0 Å². The molecule has 114 valence electrons. The normalized spacial score (nSPS) is 27.9. The maximum absolute atomic E-state index is 10.3. The van der Waals surface area contributed by atoms with Gasteiger partial charge in [0, 0.05) is 5.39 Å². The Morgan fingerprint density at radius 1 is 1.19 bits per heavy atom. The molecule has 1 saturated carbocycles. The van der Waals surface area contributed by atoms with E-state index >= 15 is 0 Å². The Morgan fingerprint density at radius 2 is 1.90 bits per heavy atom. The van der Waals surface area contributed by atoms with Crippen molar-refractivity contribution in [2.24, 2.45) is 11.8 Å². The van der Waals surface area contributed by atoms with E-state index in [0.29, 0.717) is 24.2 Å². The van der Waals surface area contributed by atoms with Gasteiger partial charge in [-0.1, -0.05) is 32.0 Å². The molecule has 2 aromatic rings. The molecule has 1 aliphatic carbocycles. The second-order valence-corrected chi connectivity index (χ2v) is 6.58. The van der Waals surface area contributed by atoms with Crippen molar-refractivity contribution in [3.8, 4) is 0 Å². The summed E-state index contributed by atoms with van der Waals surface area (Å²) in [6.45, 7) is 4.87. The van der Waals surface area contributed by atoms with Crippen LogP contribution in [0.5, 0.6) is 0 Å². The number of hydrogen-bond acceptors (Lipinski definition) is 3. The monoisotopic (exact) mass is 288 g/mol. The summed E-state index contributed by atoms with van der Waals surface area (Å²) >= 11 is 0. The molecule has 0 amide bonds. The van der Waals surface area contributed by atoms with Gasteiger partial charge in [0.15, 0.2) is 0 Å². The quantitative estimate of drug-likeness (QED) is 0.911. The van der Waals surface area contributed by atoms with E-state index in [0.717, 1.165) is 23.8 Å². The zero-order chi connectivity index (χ0) is 14.8. The number of rotatable bonds is 4. The first-order valence-corrected chi connectivity index (χ1v) is 7.90. The highest BCUT2D eigenvalue weighted by Crippen LogP contribution is 2.31. The Kier molecular flexibility index (Phi) is 4.32. The van der Waals surface area contributed by atoms with Gasteiger partial charge in [-0.3, -0.25) is 0 Å². The van der Waals surface area contributed by atoms with Crippen molar-refractivity contribution in [1.29, 1.82) is 0 Å². The smallest absolute Gasteiger partial charge is 0.136 e. The van der Waals surface area contributed by atoms with E-state index < -0.39 is 6.10 Å². The second kappa shape index (κ2) is 6.20. The lowest BCUT2D eigenvalue weighted by Gasteiger charge is -2.31. The van der Waals surface area contributed by atoms with E-state index in [4.69, 9.17) is 9.15 Å². The summed E-state index contributed by atoms with van der Waals surface area (Å²) in [5.74, 6) is 2.01. The molecule has 1 aromatic carbocycles. The minimum Gasteiger partial charge on any atom is -0.458 e. The number of para-hydroxylation sites is 1. The van der Waals surface area contributed by atoms with Gasteiger partial charge in [0.05, 0.1) is 12.7 Å². The third-order valence-electron chi connectivity index (χ3n) is 4.40. The third kappa shape index (κ3) is 3.47. The fourth-order valence-electron chi connectivity index (χ4n) is 3.49. The highest BCUT2D eigenvalue weighted by atomic mass is 16.5. The van der Waals surface area contributed by atoms with Crippen molar-refractivity contribution in [3.05, 3.63) is 36.1 Å². The SMILES string of the molecule is CC1CC(C)CC(OCC(O)c2cc3ccccc3o2)C1. The molecule has 0 aliphatic heterocycles. The highest BCUT2D eigenvalue weighted by molar-refractivity contribution is 5.77. The third-order valence-corrected chi connectivity index (χ3v) is 4.40. The molecule has 1 aliphatic rings. The lowest BCUT2D eigenvalue weighted by molar-refractivity contribution is -0.0458. The lowest BCUT2D eigenvalue weighted by Crippen LogP contribution is -2.27. The Morgan fingerprint density at radius 3 is 2.62 bits per heavy atom. The van der Waals surface area contributed by atoms with Crippen LogP contribution in [-0.4, -0.2) is 17.8 Å². The second-order valence-electron chi connectivity index (χ2n) is 6.58. The van der Waals surface area contributed by atoms with Crippen LogP contribution in [-0.2, 0) is 4.74 Å². The van der Waals surface area contributed by atoms with Gasteiger partial charge in [-0.15, -0.1) is 0 Å². The molecule has 3 heteroatoms. The summed E-state index contributed by atoms with van der Waals surface area (Å²) in [5.41, 5.74) is 0.812. The Hall–Kier alpha value is -1.32. The maximum Gasteiger partial charge on any atom is 0.136 e. The van der Waals surface area contributed by atoms with Gasteiger partial charge in [0.1, 0.15) is 17.4 Å². The summed E-state index contributed by atoms with van der Waals surface area (Å²) < 4.78 is 11.6. The van der Waals surface area contributed by atoms with Crippen molar-refractivity contribution in [2.45, 2.75) is 45.3 Å². The van der Waals surface area contributed by atoms with Gasteiger partial charge in [0.2, 0.25) is 0 Å². The summed E-state index contributed by atoms with van der Waals surface area (Å²) in [6, 6.07) is 9.70. The van der Waals surface area contributed by atoms with Crippen LogP contribution in [0.3, 0.4) is 0 Å². The molecule has 3 nitrogen and oxygen atoms in total. The molecule has 0 spiro atoms. The van der Waals surface area contributed by atoms with E-state index in [9.17, 15) is 5.11 Å². The van der Waals surface area contributed by atoms with Crippen molar-refractivity contribution in [2.75, 3.05) is 6.61 Å². The topological polar surface area (TPSA) is 42.6 Å². The van der Waals surface area contributed by atoms with Gasteiger partial charge in [0.25, 0.3) is 0 Å². The van der Waals surface area contributed by atoms with E-state index in [-0.39, 0.29) is 6.10 Å². The predicted octanol–water partition coefficient (Wildman–Crippen LogP) is 4.31. The van der Waals surface area contributed by atoms with Crippen molar-refractivity contribution in [3.63, 3.8) is 0 Å². The molecule has 1 aromatic heterocycles. The van der Waals surface area contributed by atoms with Crippen LogP contribution in [0.25, 0.3) is 11.0 Å². The average molecular weight is 288 g/mol. The molecule has 1 N–H and O–H groups in total. The van der Waals surface area contributed by atoms with E-state index in [1.807, 2.05) is 30.3 Å². The molecule has 3 atom stereocenters. The van der Waals surface area contributed by atoms with Gasteiger partial charge in [-0.25, -0.2) is 0 Å². The fourth-order valence-corrected chi connectivity index (χ4v) is 3.49. The van der Waals surface area contributed by atoms with Crippen LogP contribution in [0.1, 0.15) is 45.0 Å². The molecule has 1 heterocycles. The highest BCUT2D eigenvalue weighted by Gasteiger charge is 2.25. The molecule has 3 unspecified atom stereocenters. The van der Waals surface area contributed by atoms with Crippen LogP contribution in [0, 0.1) is 11.8 Å². The number of hydrogen-bond donors (Lipinski definition) is 1. The molecule has 0 saturated heterocycles. The molecular formula is C18H24O3. The molecule has 0 radical (unpaired) electrons. The standard InChI is InChI=1S/C18H24O3/c1-12-7-13(2)9-15(8-12)20-11-16(19)18-10-14-5-3-4-6-17(14)21-18/h3-6,10,12-13,15-16,19H,7-9,11H2,1-2H3. The lowest BCUT2D eigenvalue weighted by atomic mass is 9.82. The minimum atomic E-state index is -0.690. The van der Waals surface area contributed by atoms with Crippen LogP contribution in [0.15, 0.2) is 34.7 Å². The first kappa shape index (κ1) is 14.6. The number of ether oxygens (including phenoxy) is 1. The minimum absolute atomic E-state index is 0.266. The van der Waals surface area contributed by atoms with Gasteiger partial charge >= 0.3 is 0 Å². The Bertz CT molecular complexity index is 546. The van der Waals surface area contributed by atoms with Gasteiger partial charge < -0.3 is 14.3 Å². The van der Waals surface area contributed by atoms with Crippen LogP contribution in [0.2, 0.25) is 0 Å². The van der Waals surface area contributed by atoms with E-state index in [1.54, 1.807) is 0 Å². The first-order valence-electron chi connectivity index (χ1n) is 7.90. The average Bonchev–Trinajstić information content (AvgIpc) is 2.87. The summed E-state index contributed by atoms with van der Waals surface area (Å²) in [4.78, 5) is 0. The number of benzene rings is 1. The van der Waals surface area contributed by atoms with Gasteiger partial charge in [-0.2, -0.15) is 0 Å². The molecule has 21 heavy (non-hydrogen) atoms. The molecule has 0 bridgehead atoms. The summed E-state index contributed by atoms with van der Waals surface area (Å²) in [7, 11) is 0. The predicted molar refractivity (Wildman–Crippen MR) is 83.1 cm³/mol. The zero-order valence-electron chi connectivity index (χ0n) is 12.8. The van der Waals surface area contributed by atoms with Crippen molar-refractivity contribution in [1.82, 2.24) is 0 Å². The molecule has 1 fully saturated rings. The number of furan rings is 1. The number of fused-ring (bicyclic) bond motifs is 1. The molecule has 3 rings (SSSR count). The fraction of sp³-hybridized carbons (Fsp3) is 0.556. The number of aliphatic hydroxyl groups excluding tert-OH is 1. The zero-order valence-corrected chi connectivity index (χ0v) is 12.8. The largest absolute Gasteiger partial charge is 0.458 e. The van der Waals surface area contributed by atoms with Crippen molar-refractivity contribution >= 4 is 11.0 Å². The number of aliphatic hydroxyl groups is 1. The summed E-state index contributed by atoms with van der Waals surface area (Å²) in [5, 5.41) is 11.3. The molecular weight excluding hydrogens is 264 g/mol. The van der Waals surface area contributed by atoms with Crippen molar-refractivity contribution < 1.29 is 14.3 Å². The summed E-state index contributed by atoms with van der Waals surface area (Å²) in [6.07, 6.45) is 3.05. The van der Waals surface area contributed by atoms with E-state index in [1.165, 1.54) is 6.42 Å². The first-order chi connectivity index (χ1) is 10.1. The van der Waals surface area contributed by atoms with E-state index in [2.05, 4.69) is 13.8 Å². The van der Waals surface area contributed by atoms with Crippen LogP contribution < -0.4 is 0 Å². The Balaban J connectivity index is 1.59.